The highest BCUT2D eigenvalue weighted by Crippen LogP contribution is 2.30. The van der Waals surface area contributed by atoms with Crippen molar-refractivity contribution in [3.8, 4) is 0 Å². The summed E-state index contributed by atoms with van der Waals surface area (Å²) in [5, 5.41) is 9.17. The molecule has 1 aromatic carbocycles. The predicted molar refractivity (Wildman–Crippen MR) is 69.9 cm³/mol. The highest BCUT2D eigenvalue weighted by molar-refractivity contribution is 6.26. The Balaban J connectivity index is 2.50. The fourth-order valence-corrected chi connectivity index (χ4v) is 2.26. The molecule has 1 N–H and O–H groups in total. The number of benzene rings is 1. The standard InChI is InChI=1S/C15H14O4/c1-9(16)10-5-7-11(8-6-10)14-12(15(18)19)3-2-4-13(14)17/h5-8H,2-4H2,1H3,(H,18,19). The fraction of sp³-hybridized carbons (Fsp3) is 0.267. The normalized spacial score (nSPS) is 15.5. The molecule has 0 bridgehead atoms. The van der Waals surface area contributed by atoms with E-state index in [0.29, 0.717) is 30.4 Å². The van der Waals surface area contributed by atoms with Crippen LogP contribution in [0.15, 0.2) is 29.8 Å². The first-order valence-corrected chi connectivity index (χ1v) is 6.11. The monoisotopic (exact) mass is 258 g/mol. The van der Waals surface area contributed by atoms with Crippen LogP contribution >= 0.6 is 0 Å². The Labute approximate surface area is 110 Å². The Hall–Kier alpha value is -2.23. The highest BCUT2D eigenvalue weighted by Gasteiger charge is 2.25. The maximum absolute atomic E-state index is 11.9. The van der Waals surface area contributed by atoms with Crippen LogP contribution in [0.5, 0.6) is 0 Å². The number of aliphatic carboxylic acids is 1. The molecule has 0 atom stereocenters. The summed E-state index contributed by atoms with van der Waals surface area (Å²) in [6.07, 6.45) is 1.36. The molecule has 0 heterocycles. The maximum atomic E-state index is 11.9. The minimum absolute atomic E-state index is 0.0611. The number of Topliss-reactive ketones (excluding diaryl/α,β-unsaturated/α-hetero) is 2. The molecular weight excluding hydrogens is 244 g/mol. The molecule has 0 saturated heterocycles. The second-order valence-corrected chi connectivity index (χ2v) is 4.57. The Kier molecular flexibility index (Phi) is 3.60. The molecule has 4 heteroatoms. The first kappa shape index (κ1) is 13.2. The highest BCUT2D eigenvalue weighted by atomic mass is 16.4. The molecular formula is C15H14O4. The average Bonchev–Trinajstić information content (AvgIpc) is 2.38. The summed E-state index contributed by atoms with van der Waals surface area (Å²) in [5.41, 5.74) is 1.58. The van der Waals surface area contributed by atoms with Gasteiger partial charge in [0, 0.05) is 23.1 Å². The molecule has 19 heavy (non-hydrogen) atoms. The van der Waals surface area contributed by atoms with Gasteiger partial charge in [0.15, 0.2) is 11.6 Å². The van der Waals surface area contributed by atoms with Crippen LogP contribution in [0.2, 0.25) is 0 Å². The van der Waals surface area contributed by atoms with Crippen LogP contribution in [-0.4, -0.2) is 22.6 Å². The number of hydrogen-bond acceptors (Lipinski definition) is 3. The summed E-state index contributed by atoms with van der Waals surface area (Å²) in [7, 11) is 0. The van der Waals surface area contributed by atoms with Gasteiger partial charge in [0.25, 0.3) is 0 Å². The number of carbonyl (C=O) groups is 3. The molecule has 0 radical (unpaired) electrons. The molecule has 0 saturated carbocycles. The molecule has 0 amide bonds. The van der Waals surface area contributed by atoms with Crippen LogP contribution in [0.3, 0.4) is 0 Å². The van der Waals surface area contributed by atoms with Crippen molar-refractivity contribution in [3.63, 3.8) is 0 Å². The van der Waals surface area contributed by atoms with Crippen molar-refractivity contribution in [2.24, 2.45) is 0 Å². The number of hydrogen-bond donors (Lipinski definition) is 1. The van der Waals surface area contributed by atoms with Gasteiger partial charge in [-0.25, -0.2) is 4.79 Å². The van der Waals surface area contributed by atoms with Gasteiger partial charge in [0.05, 0.1) is 0 Å². The summed E-state index contributed by atoms with van der Waals surface area (Å²) < 4.78 is 0. The van der Waals surface area contributed by atoms with Crippen molar-refractivity contribution in [2.75, 3.05) is 0 Å². The van der Waals surface area contributed by atoms with Gasteiger partial charge in [-0.2, -0.15) is 0 Å². The largest absolute Gasteiger partial charge is 0.478 e. The van der Waals surface area contributed by atoms with Crippen LogP contribution in [0, 0.1) is 0 Å². The topological polar surface area (TPSA) is 71.4 Å². The fourth-order valence-electron chi connectivity index (χ4n) is 2.26. The summed E-state index contributed by atoms with van der Waals surface area (Å²) in [6.45, 7) is 1.46. The number of carbonyl (C=O) groups excluding carboxylic acids is 2. The van der Waals surface area contributed by atoms with Crippen molar-refractivity contribution in [2.45, 2.75) is 26.2 Å². The van der Waals surface area contributed by atoms with Crippen LogP contribution in [0.4, 0.5) is 0 Å². The van der Waals surface area contributed by atoms with Crippen molar-refractivity contribution in [1.82, 2.24) is 0 Å². The Morgan fingerprint density at radius 1 is 1.11 bits per heavy atom. The van der Waals surface area contributed by atoms with Gasteiger partial charge in [-0.15, -0.1) is 0 Å². The number of carboxylic acid groups (broad SMARTS) is 1. The molecule has 1 aliphatic rings. The number of rotatable bonds is 3. The zero-order valence-electron chi connectivity index (χ0n) is 10.6. The minimum atomic E-state index is -1.04. The first-order valence-electron chi connectivity index (χ1n) is 6.11. The van der Waals surface area contributed by atoms with Crippen molar-refractivity contribution >= 4 is 23.1 Å². The van der Waals surface area contributed by atoms with Crippen molar-refractivity contribution in [1.29, 1.82) is 0 Å². The number of ketones is 2. The van der Waals surface area contributed by atoms with E-state index in [4.69, 9.17) is 5.11 Å². The van der Waals surface area contributed by atoms with Gasteiger partial charge in [0.2, 0.25) is 0 Å². The van der Waals surface area contributed by atoms with Gasteiger partial charge in [-0.05, 0) is 25.3 Å². The van der Waals surface area contributed by atoms with E-state index in [0.717, 1.165) is 0 Å². The summed E-state index contributed by atoms with van der Waals surface area (Å²) in [4.78, 5) is 34.3. The predicted octanol–water partition coefficient (Wildman–Crippen LogP) is 2.48. The van der Waals surface area contributed by atoms with Crippen LogP contribution < -0.4 is 0 Å². The molecule has 0 unspecified atom stereocenters. The second-order valence-electron chi connectivity index (χ2n) is 4.57. The van der Waals surface area contributed by atoms with E-state index >= 15 is 0 Å². The molecule has 0 spiro atoms. The lowest BCUT2D eigenvalue weighted by Crippen LogP contribution is -2.16. The third-order valence-electron chi connectivity index (χ3n) is 3.25. The second kappa shape index (κ2) is 5.18. The molecule has 4 nitrogen and oxygen atoms in total. The summed E-state index contributed by atoms with van der Waals surface area (Å²) >= 11 is 0. The van der Waals surface area contributed by atoms with E-state index in [-0.39, 0.29) is 22.7 Å². The lowest BCUT2D eigenvalue weighted by Gasteiger charge is -2.16. The van der Waals surface area contributed by atoms with Gasteiger partial charge < -0.3 is 5.11 Å². The Morgan fingerprint density at radius 3 is 2.26 bits per heavy atom. The zero-order valence-corrected chi connectivity index (χ0v) is 10.6. The van der Waals surface area contributed by atoms with Crippen molar-refractivity contribution < 1.29 is 19.5 Å². The van der Waals surface area contributed by atoms with Crippen LogP contribution in [0.1, 0.15) is 42.1 Å². The lowest BCUT2D eigenvalue weighted by atomic mass is 9.86. The molecule has 2 rings (SSSR count). The summed E-state index contributed by atoms with van der Waals surface area (Å²) in [5.74, 6) is -1.24. The van der Waals surface area contributed by atoms with Gasteiger partial charge in [0.1, 0.15) is 0 Å². The lowest BCUT2D eigenvalue weighted by molar-refractivity contribution is -0.133. The third-order valence-corrected chi connectivity index (χ3v) is 3.25. The van der Waals surface area contributed by atoms with Gasteiger partial charge in [-0.3, -0.25) is 9.59 Å². The average molecular weight is 258 g/mol. The SMILES string of the molecule is CC(=O)c1ccc(C2=C(C(=O)O)CCCC2=O)cc1. The quantitative estimate of drug-likeness (QED) is 0.845. The van der Waals surface area contributed by atoms with E-state index in [2.05, 4.69) is 0 Å². The van der Waals surface area contributed by atoms with Gasteiger partial charge >= 0.3 is 5.97 Å². The van der Waals surface area contributed by atoms with E-state index in [9.17, 15) is 14.4 Å². The van der Waals surface area contributed by atoms with E-state index in [1.165, 1.54) is 6.92 Å². The molecule has 98 valence electrons. The maximum Gasteiger partial charge on any atom is 0.332 e. The minimum Gasteiger partial charge on any atom is -0.478 e. The Morgan fingerprint density at radius 2 is 1.74 bits per heavy atom. The first-order chi connectivity index (χ1) is 9.00. The van der Waals surface area contributed by atoms with E-state index < -0.39 is 5.97 Å². The smallest absolute Gasteiger partial charge is 0.332 e. The molecule has 1 aliphatic carbocycles. The van der Waals surface area contributed by atoms with Crippen LogP contribution in [0.25, 0.3) is 5.57 Å². The molecule has 0 aromatic heterocycles. The third kappa shape index (κ3) is 2.62. The molecule has 1 aromatic rings. The van der Waals surface area contributed by atoms with E-state index in [1.807, 2.05) is 0 Å². The molecule has 0 aliphatic heterocycles. The van der Waals surface area contributed by atoms with Crippen LogP contribution in [-0.2, 0) is 9.59 Å². The zero-order chi connectivity index (χ0) is 14.0. The number of carboxylic acids is 1. The van der Waals surface area contributed by atoms with E-state index in [1.54, 1.807) is 24.3 Å². The number of allylic oxidation sites excluding steroid dienone is 1. The summed E-state index contributed by atoms with van der Waals surface area (Å²) in [6, 6.07) is 6.51. The van der Waals surface area contributed by atoms with Gasteiger partial charge in [-0.1, -0.05) is 24.3 Å². The molecule has 0 fully saturated rings. The Bertz CT molecular complexity index is 579. The van der Waals surface area contributed by atoms with Crippen molar-refractivity contribution in [3.05, 3.63) is 41.0 Å².